The summed E-state index contributed by atoms with van der Waals surface area (Å²) in [6.45, 7) is 2.60. The zero-order chi connectivity index (χ0) is 11.5. The Morgan fingerprint density at radius 2 is 2.44 bits per heavy atom. The summed E-state index contributed by atoms with van der Waals surface area (Å²) in [6, 6.07) is 0.324. The predicted octanol–water partition coefficient (Wildman–Crippen LogP) is 0.555. The molecule has 16 heavy (non-hydrogen) atoms. The molecule has 88 valence electrons. The van der Waals surface area contributed by atoms with Gasteiger partial charge in [-0.05, 0) is 26.2 Å². The fraction of sp³-hybridized carbons (Fsp3) is 0.636. The van der Waals surface area contributed by atoms with Gasteiger partial charge in [0, 0.05) is 31.0 Å². The first-order valence-corrected chi connectivity index (χ1v) is 5.80. The van der Waals surface area contributed by atoms with Crippen LogP contribution in [0.2, 0.25) is 0 Å². The maximum atomic E-state index is 11.9. The van der Waals surface area contributed by atoms with Gasteiger partial charge >= 0.3 is 0 Å². The normalized spacial score (nSPS) is 24.6. The van der Waals surface area contributed by atoms with Crippen LogP contribution < -0.4 is 16.6 Å². The van der Waals surface area contributed by atoms with Crippen molar-refractivity contribution in [3.63, 3.8) is 0 Å². The molecule has 0 spiro atoms. The molecule has 2 unspecified atom stereocenters. The van der Waals surface area contributed by atoms with E-state index in [-0.39, 0.29) is 17.6 Å². The molecule has 2 atom stereocenters. The third-order valence-corrected chi connectivity index (χ3v) is 3.15. The second-order valence-corrected chi connectivity index (χ2v) is 4.21. The highest BCUT2D eigenvalue weighted by atomic mass is 16.1. The zero-order valence-electron chi connectivity index (χ0n) is 9.52. The second kappa shape index (κ2) is 4.65. The van der Waals surface area contributed by atoms with Crippen molar-refractivity contribution in [3.8, 4) is 0 Å². The summed E-state index contributed by atoms with van der Waals surface area (Å²) in [6.07, 6.45) is 6.50. The number of anilines is 1. The third kappa shape index (κ3) is 2.09. The Hall–Kier alpha value is -1.36. The van der Waals surface area contributed by atoms with Crippen LogP contribution in [-0.4, -0.2) is 21.6 Å². The molecule has 1 fully saturated rings. The summed E-state index contributed by atoms with van der Waals surface area (Å²) in [5, 5.41) is 3.16. The molecule has 0 aromatic carbocycles. The minimum Gasteiger partial charge on any atom is -0.361 e. The van der Waals surface area contributed by atoms with E-state index in [0.717, 1.165) is 19.3 Å². The summed E-state index contributed by atoms with van der Waals surface area (Å²) in [7, 11) is 0. The number of nitrogens with one attached hydrogen (secondary N) is 1. The third-order valence-electron chi connectivity index (χ3n) is 3.15. The largest absolute Gasteiger partial charge is 0.361 e. The molecule has 1 aliphatic carbocycles. The van der Waals surface area contributed by atoms with Crippen molar-refractivity contribution in [1.82, 2.24) is 9.55 Å². The zero-order valence-corrected chi connectivity index (χ0v) is 9.52. The van der Waals surface area contributed by atoms with E-state index in [0.29, 0.717) is 12.4 Å². The summed E-state index contributed by atoms with van der Waals surface area (Å²) < 4.78 is 1.63. The van der Waals surface area contributed by atoms with Crippen molar-refractivity contribution in [1.29, 1.82) is 0 Å². The smallest absolute Gasteiger partial charge is 0.293 e. The lowest BCUT2D eigenvalue weighted by Crippen LogP contribution is -2.38. The van der Waals surface area contributed by atoms with Gasteiger partial charge in [0.1, 0.15) is 0 Å². The van der Waals surface area contributed by atoms with Crippen molar-refractivity contribution >= 4 is 5.82 Å². The number of rotatable bonds is 3. The number of aryl methyl sites for hydroxylation is 1. The Labute approximate surface area is 94.7 Å². The Morgan fingerprint density at radius 3 is 3.06 bits per heavy atom. The van der Waals surface area contributed by atoms with Crippen LogP contribution in [0.15, 0.2) is 17.2 Å². The molecule has 1 aromatic heterocycles. The van der Waals surface area contributed by atoms with E-state index in [2.05, 4.69) is 10.3 Å². The van der Waals surface area contributed by atoms with Gasteiger partial charge in [-0.1, -0.05) is 0 Å². The molecule has 1 saturated carbocycles. The van der Waals surface area contributed by atoms with Gasteiger partial charge in [0.05, 0.1) is 0 Å². The van der Waals surface area contributed by atoms with E-state index in [4.69, 9.17) is 5.73 Å². The number of aromatic nitrogens is 2. The fourth-order valence-electron chi connectivity index (χ4n) is 2.14. The van der Waals surface area contributed by atoms with Gasteiger partial charge in [0.2, 0.25) is 0 Å². The highest BCUT2D eigenvalue weighted by Crippen LogP contribution is 2.19. The van der Waals surface area contributed by atoms with Crippen LogP contribution in [0.1, 0.15) is 26.2 Å². The van der Waals surface area contributed by atoms with E-state index >= 15 is 0 Å². The standard InChI is InChI=1S/C11H18N4O/c1-2-15-7-6-13-10(11(15)16)14-9-5-3-4-8(9)12/h6-9H,2-5,12H2,1H3,(H,13,14). The Kier molecular flexibility index (Phi) is 3.24. The Morgan fingerprint density at radius 1 is 1.62 bits per heavy atom. The SMILES string of the molecule is CCn1ccnc(NC2CCCC2N)c1=O. The molecule has 0 amide bonds. The van der Waals surface area contributed by atoms with Crippen molar-refractivity contribution in [2.75, 3.05) is 5.32 Å². The van der Waals surface area contributed by atoms with E-state index in [9.17, 15) is 4.79 Å². The van der Waals surface area contributed by atoms with Crippen LogP contribution in [0.4, 0.5) is 5.82 Å². The number of hydrogen-bond acceptors (Lipinski definition) is 4. The molecule has 0 aliphatic heterocycles. The van der Waals surface area contributed by atoms with Crippen LogP contribution in [0.5, 0.6) is 0 Å². The first kappa shape index (κ1) is 11.1. The van der Waals surface area contributed by atoms with Crippen LogP contribution >= 0.6 is 0 Å². The lowest BCUT2D eigenvalue weighted by atomic mass is 10.2. The lowest BCUT2D eigenvalue weighted by molar-refractivity contribution is 0.630. The molecule has 3 N–H and O–H groups in total. The Bertz CT molecular complexity index is 415. The molecule has 2 rings (SSSR count). The Balaban J connectivity index is 2.18. The fourth-order valence-corrected chi connectivity index (χ4v) is 2.14. The highest BCUT2D eigenvalue weighted by Gasteiger charge is 2.24. The van der Waals surface area contributed by atoms with Gasteiger partial charge in [0.25, 0.3) is 5.56 Å². The summed E-state index contributed by atoms with van der Waals surface area (Å²) in [5.41, 5.74) is 5.88. The summed E-state index contributed by atoms with van der Waals surface area (Å²) in [5.74, 6) is 0.423. The van der Waals surface area contributed by atoms with E-state index in [1.807, 2.05) is 6.92 Å². The molecule has 1 aromatic rings. The molecule has 0 saturated heterocycles. The van der Waals surface area contributed by atoms with Crippen molar-refractivity contribution < 1.29 is 0 Å². The number of nitrogens with two attached hydrogens (primary N) is 1. The minimum absolute atomic E-state index is 0.0656. The first-order chi connectivity index (χ1) is 7.72. The quantitative estimate of drug-likeness (QED) is 0.783. The van der Waals surface area contributed by atoms with Crippen LogP contribution in [0.25, 0.3) is 0 Å². The lowest BCUT2D eigenvalue weighted by Gasteiger charge is -2.17. The molecule has 0 radical (unpaired) electrons. The average molecular weight is 222 g/mol. The maximum absolute atomic E-state index is 11.9. The predicted molar refractivity (Wildman–Crippen MR) is 63.4 cm³/mol. The van der Waals surface area contributed by atoms with Crippen LogP contribution in [0, 0.1) is 0 Å². The van der Waals surface area contributed by atoms with Crippen molar-refractivity contribution in [3.05, 3.63) is 22.7 Å². The molecule has 0 bridgehead atoms. The molecule has 5 heteroatoms. The average Bonchev–Trinajstić information content (AvgIpc) is 2.68. The van der Waals surface area contributed by atoms with Gasteiger partial charge in [-0.15, -0.1) is 0 Å². The van der Waals surface area contributed by atoms with Gasteiger partial charge < -0.3 is 15.6 Å². The second-order valence-electron chi connectivity index (χ2n) is 4.21. The van der Waals surface area contributed by atoms with Gasteiger partial charge in [-0.3, -0.25) is 4.79 Å². The molecule has 1 aliphatic rings. The molecule has 1 heterocycles. The topological polar surface area (TPSA) is 72.9 Å². The van der Waals surface area contributed by atoms with Crippen LogP contribution in [0.3, 0.4) is 0 Å². The number of hydrogen-bond donors (Lipinski definition) is 2. The van der Waals surface area contributed by atoms with Crippen LogP contribution in [-0.2, 0) is 6.54 Å². The molecular weight excluding hydrogens is 204 g/mol. The first-order valence-electron chi connectivity index (χ1n) is 5.80. The molecule has 5 nitrogen and oxygen atoms in total. The van der Waals surface area contributed by atoms with Crippen molar-refractivity contribution in [2.45, 2.75) is 44.8 Å². The monoisotopic (exact) mass is 222 g/mol. The van der Waals surface area contributed by atoms with Gasteiger partial charge in [0.15, 0.2) is 5.82 Å². The number of nitrogens with zero attached hydrogens (tertiary/aromatic N) is 2. The van der Waals surface area contributed by atoms with E-state index in [1.54, 1.807) is 17.0 Å². The highest BCUT2D eigenvalue weighted by molar-refractivity contribution is 5.33. The summed E-state index contributed by atoms with van der Waals surface area (Å²) in [4.78, 5) is 16.0. The van der Waals surface area contributed by atoms with Crippen molar-refractivity contribution in [2.24, 2.45) is 5.73 Å². The van der Waals surface area contributed by atoms with Gasteiger partial charge in [-0.2, -0.15) is 0 Å². The molecular formula is C11H18N4O. The summed E-state index contributed by atoms with van der Waals surface area (Å²) >= 11 is 0. The van der Waals surface area contributed by atoms with Gasteiger partial charge in [-0.25, -0.2) is 4.98 Å². The maximum Gasteiger partial charge on any atom is 0.293 e. The van der Waals surface area contributed by atoms with E-state index < -0.39 is 0 Å². The minimum atomic E-state index is -0.0656. The van der Waals surface area contributed by atoms with E-state index in [1.165, 1.54) is 0 Å².